The molecule has 0 aliphatic carbocycles. The van der Waals surface area contributed by atoms with Crippen molar-refractivity contribution in [3.63, 3.8) is 0 Å². The first-order valence-corrected chi connectivity index (χ1v) is 8.43. The lowest BCUT2D eigenvalue weighted by Crippen LogP contribution is -2.43. The van der Waals surface area contributed by atoms with Gasteiger partial charge in [0.1, 0.15) is 5.82 Å². The van der Waals surface area contributed by atoms with Gasteiger partial charge in [-0.3, -0.25) is 9.79 Å². The van der Waals surface area contributed by atoms with E-state index in [1.807, 2.05) is 24.3 Å². The summed E-state index contributed by atoms with van der Waals surface area (Å²) in [7, 11) is 6.48. The molecule has 0 saturated carbocycles. The second kappa shape index (κ2) is 7.29. The highest BCUT2D eigenvalue weighted by atomic mass is 19.1. The molecule has 1 heterocycles. The number of piperidine rings is 1. The molecule has 0 bridgehead atoms. The normalized spacial score (nSPS) is 20.3. The van der Waals surface area contributed by atoms with Crippen molar-refractivity contribution < 1.29 is 9.18 Å². The number of rotatable bonds is 4. The number of nitrogens with zero attached hydrogens (tertiary/aromatic N) is 1. The average Bonchev–Trinajstić information content (AvgIpc) is 2.62. The maximum absolute atomic E-state index is 13.7. The molecule has 0 aromatic heterocycles. The van der Waals surface area contributed by atoms with Crippen LogP contribution in [0.1, 0.15) is 34.3 Å². The third kappa shape index (κ3) is 3.62. The number of amides is 1. The van der Waals surface area contributed by atoms with Crippen molar-refractivity contribution in [2.24, 2.45) is 10.7 Å². The molecule has 26 heavy (non-hydrogen) atoms. The van der Waals surface area contributed by atoms with E-state index < -0.39 is 11.7 Å². The number of halogens is 1. The number of hydrogen-bond donors (Lipinski definition) is 3. The summed E-state index contributed by atoms with van der Waals surface area (Å²) in [6.07, 6.45) is 3.46. The number of anilines is 1. The van der Waals surface area contributed by atoms with E-state index in [4.69, 9.17) is 19.3 Å². The van der Waals surface area contributed by atoms with Gasteiger partial charge in [0.2, 0.25) is 0 Å². The summed E-state index contributed by atoms with van der Waals surface area (Å²) in [5.41, 5.74) is 12.8. The van der Waals surface area contributed by atoms with E-state index in [0.717, 1.165) is 37.6 Å². The summed E-state index contributed by atoms with van der Waals surface area (Å²) in [5, 5.41) is 2.96. The van der Waals surface area contributed by atoms with Crippen LogP contribution in [0.15, 0.2) is 41.4 Å². The predicted octanol–water partition coefficient (Wildman–Crippen LogP) is 2.00. The molecule has 0 spiro atoms. The summed E-state index contributed by atoms with van der Waals surface area (Å²) in [6, 6.07) is 10.3. The van der Waals surface area contributed by atoms with E-state index in [1.165, 1.54) is 12.3 Å². The Kier molecular flexibility index (Phi) is 5.09. The van der Waals surface area contributed by atoms with Crippen LogP contribution in [0, 0.1) is 5.82 Å². The molecule has 1 aliphatic heterocycles. The molecule has 1 aliphatic rings. The van der Waals surface area contributed by atoms with Crippen LogP contribution in [0.2, 0.25) is 0 Å². The first-order chi connectivity index (χ1) is 12.4. The molecule has 5 nitrogen and oxygen atoms in total. The van der Waals surface area contributed by atoms with Gasteiger partial charge >= 0.3 is 0 Å². The third-order valence-corrected chi connectivity index (χ3v) is 4.69. The van der Waals surface area contributed by atoms with Crippen LogP contribution in [0.3, 0.4) is 0 Å². The Hall–Kier alpha value is -2.67. The monoisotopic (exact) mass is 350 g/mol. The van der Waals surface area contributed by atoms with Crippen molar-refractivity contribution in [3.8, 4) is 0 Å². The molecule has 7 heteroatoms. The smallest absolute Gasteiger partial charge is 0.253 e. The Labute approximate surface area is 153 Å². The number of nitrogens with one attached hydrogen (secondary N) is 1. The van der Waals surface area contributed by atoms with Gasteiger partial charge in [0.25, 0.3) is 5.91 Å². The molecule has 2 aromatic rings. The topological polar surface area (TPSA) is 93.5 Å². The summed E-state index contributed by atoms with van der Waals surface area (Å²) in [6.45, 7) is 1.74. The zero-order chi connectivity index (χ0) is 18.7. The van der Waals surface area contributed by atoms with Gasteiger partial charge in [-0.1, -0.05) is 12.1 Å². The zero-order valence-corrected chi connectivity index (χ0v) is 14.3. The first-order valence-electron chi connectivity index (χ1n) is 8.43. The molecule has 1 unspecified atom stereocenters. The Morgan fingerprint density at radius 1 is 1.27 bits per heavy atom. The molecular formula is C19H20BFN4O. The van der Waals surface area contributed by atoms with E-state index in [0.29, 0.717) is 11.3 Å². The van der Waals surface area contributed by atoms with Crippen molar-refractivity contribution >= 4 is 31.3 Å². The van der Waals surface area contributed by atoms with Crippen LogP contribution in [0.5, 0.6) is 0 Å². The Morgan fingerprint density at radius 2 is 2.00 bits per heavy atom. The third-order valence-electron chi connectivity index (χ3n) is 4.69. The summed E-state index contributed by atoms with van der Waals surface area (Å²) >= 11 is 0. The van der Waals surface area contributed by atoms with Gasteiger partial charge in [-0.15, -0.1) is 0 Å². The molecule has 2 aromatic carbocycles. The van der Waals surface area contributed by atoms with Gasteiger partial charge < -0.3 is 16.8 Å². The predicted molar refractivity (Wildman–Crippen MR) is 103 cm³/mol. The number of nitrogen functional groups attached to an aromatic ring is 1. The molecular weight excluding hydrogens is 330 g/mol. The van der Waals surface area contributed by atoms with Gasteiger partial charge in [-0.25, -0.2) is 4.39 Å². The number of hydrogen-bond acceptors (Lipinski definition) is 4. The number of benzene rings is 2. The number of carbonyl (C=O) groups is 1. The van der Waals surface area contributed by atoms with Crippen molar-refractivity contribution in [1.82, 2.24) is 5.32 Å². The minimum atomic E-state index is -0.908. The molecule has 2 radical (unpaired) electrons. The molecule has 1 fully saturated rings. The van der Waals surface area contributed by atoms with E-state index in [9.17, 15) is 9.18 Å². The van der Waals surface area contributed by atoms with Gasteiger partial charge in [-0.2, -0.15) is 0 Å². The van der Waals surface area contributed by atoms with E-state index in [1.54, 1.807) is 0 Å². The van der Waals surface area contributed by atoms with Crippen LogP contribution in [-0.4, -0.2) is 33.1 Å². The fraction of sp³-hybridized carbons (Fsp3) is 0.263. The van der Waals surface area contributed by atoms with Crippen molar-refractivity contribution in [3.05, 3.63) is 58.9 Å². The van der Waals surface area contributed by atoms with E-state index in [2.05, 4.69) is 10.3 Å². The number of primary amides is 1. The standard InChI is InChI=1S/C19H20BFN4O/c20-19(8-1-9-24-11-19)13-3-5-14(6-4-13)25-10-12-2-7-15(21)16(17(12)22)18(23)26/h2-7,10,24H,1,8-9,11,22H2,(H2,23,26). The van der Waals surface area contributed by atoms with Crippen LogP contribution in [0.25, 0.3) is 0 Å². The molecule has 3 rings (SSSR count). The fourth-order valence-electron chi connectivity index (χ4n) is 3.17. The van der Waals surface area contributed by atoms with Gasteiger partial charge in [0, 0.05) is 11.8 Å². The largest absolute Gasteiger partial charge is 0.397 e. The van der Waals surface area contributed by atoms with Crippen LogP contribution in [-0.2, 0) is 5.31 Å². The molecule has 132 valence electrons. The minimum absolute atomic E-state index is 0.0212. The summed E-state index contributed by atoms with van der Waals surface area (Å²) < 4.78 is 13.7. The maximum atomic E-state index is 13.7. The van der Waals surface area contributed by atoms with Gasteiger partial charge in [0.05, 0.1) is 24.8 Å². The lowest BCUT2D eigenvalue weighted by atomic mass is 9.60. The highest BCUT2D eigenvalue weighted by Gasteiger charge is 2.27. The quantitative estimate of drug-likeness (QED) is 0.447. The lowest BCUT2D eigenvalue weighted by Gasteiger charge is -2.35. The second-order valence-electron chi connectivity index (χ2n) is 6.53. The average molecular weight is 350 g/mol. The second-order valence-corrected chi connectivity index (χ2v) is 6.53. The highest BCUT2D eigenvalue weighted by Crippen LogP contribution is 2.29. The summed E-state index contributed by atoms with van der Waals surface area (Å²) in [4.78, 5) is 15.7. The Balaban J connectivity index is 1.81. The minimum Gasteiger partial charge on any atom is -0.397 e. The molecule has 1 saturated heterocycles. The van der Waals surface area contributed by atoms with E-state index >= 15 is 0 Å². The summed E-state index contributed by atoms with van der Waals surface area (Å²) in [5.74, 6) is -1.65. The van der Waals surface area contributed by atoms with E-state index in [-0.39, 0.29) is 16.6 Å². The molecule has 1 atom stereocenters. The lowest BCUT2D eigenvalue weighted by molar-refractivity contribution is 0.0997. The highest BCUT2D eigenvalue weighted by molar-refractivity contribution is 6.16. The van der Waals surface area contributed by atoms with Crippen LogP contribution in [0.4, 0.5) is 15.8 Å². The van der Waals surface area contributed by atoms with Crippen molar-refractivity contribution in [2.45, 2.75) is 18.2 Å². The van der Waals surface area contributed by atoms with Crippen LogP contribution >= 0.6 is 0 Å². The number of aliphatic imine (C=N–C) groups is 1. The van der Waals surface area contributed by atoms with Crippen LogP contribution < -0.4 is 16.8 Å². The van der Waals surface area contributed by atoms with Crippen molar-refractivity contribution in [1.29, 1.82) is 0 Å². The molecule has 1 amide bonds. The Morgan fingerprint density at radius 3 is 2.62 bits per heavy atom. The first kappa shape index (κ1) is 18.1. The Bertz CT molecular complexity index is 845. The SMILES string of the molecule is [B]C1(c2ccc(N=Cc3ccc(F)c(C(N)=O)c3N)cc2)CCCNC1. The van der Waals surface area contributed by atoms with Gasteiger partial charge in [-0.05, 0) is 61.1 Å². The maximum Gasteiger partial charge on any atom is 0.253 e. The van der Waals surface area contributed by atoms with Crippen molar-refractivity contribution in [2.75, 3.05) is 18.8 Å². The number of nitrogens with two attached hydrogens (primary N) is 2. The van der Waals surface area contributed by atoms with Gasteiger partial charge in [0.15, 0.2) is 0 Å². The molecule has 5 N–H and O–H groups in total. The fourth-order valence-corrected chi connectivity index (χ4v) is 3.17. The zero-order valence-electron chi connectivity index (χ0n) is 14.3. The number of carbonyl (C=O) groups excluding carboxylic acids is 1.